The smallest absolute Gasteiger partial charge is 0.134 e. The largest absolute Gasteiger partial charge is 0.383 e. The summed E-state index contributed by atoms with van der Waals surface area (Å²) in [5.74, 6) is 0. The molecule has 0 saturated heterocycles. The monoisotopic (exact) mass is 705 g/mol. The van der Waals surface area contributed by atoms with Gasteiger partial charge in [0.05, 0.1) is 28.2 Å². The van der Waals surface area contributed by atoms with Gasteiger partial charge in [-0.15, -0.1) is 0 Å². The van der Waals surface area contributed by atoms with Crippen LogP contribution in [0.15, 0.2) is 22.8 Å². The van der Waals surface area contributed by atoms with Crippen molar-refractivity contribution in [3.63, 3.8) is 0 Å². The van der Waals surface area contributed by atoms with Gasteiger partial charge in [-0.2, -0.15) is 0 Å². The van der Waals surface area contributed by atoms with E-state index in [1.54, 1.807) is 7.11 Å². The molecule has 0 aliphatic heterocycles. The number of rotatable bonds is 8. The summed E-state index contributed by atoms with van der Waals surface area (Å²) in [5.41, 5.74) is 0. The van der Waals surface area contributed by atoms with Crippen LogP contribution in [0.5, 0.6) is 0 Å². The highest BCUT2D eigenvalue weighted by molar-refractivity contribution is 7.83. The number of hydrogen-bond donors (Lipinski definition) is 1. The maximum Gasteiger partial charge on any atom is 0.134 e. The second kappa shape index (κ2) is 41.1. The van der Waals surface area contributed by atoms with E-state index in [0.717, 1.165) is 6.54 Å². The van der Waals surface area contributed by atoms with E-state index < -0.39 is 36.0 Å². The van der Waals surface area contributed by atoms with Crippen molar-refractivity contribution >= 4 is 36.0 Å². The standard InChI is InChI=1S/C14H41N6OP5.15CH4/c1-15-26(12,16-13-14-21-2)20-25(10,11)19-24(8,9)18-23(6,7)17-22(3,4)5;;;;;;;;;;;;;;;/h16H,13-14H2,1-12H3;15*1H4. The second-order valence-corrected chi connectivity index (χ2v) is 25.6. The average Bonchev–Trinajstić information content (AvgIpc) is 2.31. The lowest BCUT2D eigenvalue weighted by molar-refractivity contribution is 0.204. The number of hydrogen-bond acceptors (Lipinski definition) is 2. The lowest BCUT2D eigenvalue weighted by Gasteiger charge is -2.24. The van der Waals surface area contributed by atoms with Crippen LogP contribution in [0.3, 0.4) is 0 Å². The first-order valence-corrected chi connectivity index (χ1v) is 21.5. The Kier molecular flexibility index (Phi) is 105. The summed E-state index contributed by atoms with van der Waals surface area (Å²) in [6.45, 7) is 23.3. The highest BCUT2D eigenvalue weighted by Gasteiger charge is 2.18. The molecule has 0 spiro atoms. The number of ether oxygens (including phenoxy) is 1. The molecule has 0 bridgehead atoms. The molecule has 0 fully saturated rings. The van der Waals surface area contributed by atoms with E-state index in [4.69, 9.17) is 22.8 Å². The minimum atomic E-state index is -1.93. The Bertz CT molecular complexity index is 747. The molecule has 0 saturated carbocycles. The van der Waals surface area contributed by atoms with Gasteiger partial charge in [0.25, 0.3) is 0 Å². The van der Waals surface area contributed by atoms with Crippen molar-refractivity contribution in [1.29, 1.82) is 0 Å². The highest BCUT2D eigenvalue weighted by Crippen LogP contribution is 2.67. The van der Waals surface area contributed by atoms with Crippen molar-refractivity contribution < 1.29 is 4.74 Å². The van der Waals surface area contributed by atoms with E-state index in [0.29, 0.717) is 6.61 Å². The van der Waals surface area contributed by atoms with Gasteiger partial charge >= 0.3 is 0 Å². The molecule has 1 unspecified atom stereocenters. The molecular formula is C29H101N6OP5. The fourth-order valence-electron chi connectivity index (χ4n) is 2.71. The van der Waals surface area contributed by atoms with Crippen LogP contribution in [-0.4, -0.2) is 94.0 Å². The fraction of sp³-hybridized carbons (Fsp3) is 1.00. The van der Waals surface area contributed by atoms with Gasteiger partial charge in [-0.25, -0.2) is 13.5 Å². The van der Waals surface area contributed by atoms with Gasteiger partial charge in [0.1, 0.15) is 7.36 Å². The molecule has 0 aliphatic rings. The van der Waals surface area contributed by atoms with Crippen LogP contribution < -0.4 is 5.09 Å². The normalized spacial score (nSPS) is 10.0. The molecule has 1 N–H and O–H groups in total. The lowest BCUT2D eigenvalue weighted by atomic mass is 10.7. The molecular weight excluding hydrogens is 603 g/mol. The highest BCUT2D eigenvalue weighted by atomic mass is 31.2. The van der Waals surface area contributed by atoms with Crippen molar-refractivity contribution in [3.05, 3.63) is 0 Å². The predicted molar refractivity (Wildman–Crippen MR) is 233 cm³/mol. The number of methoxy groups -OCH3 is 1. The molecule has 0 amide bonds. The zero-order chi connectivity index (χ0) is 20.9. The van der Waals surface area contributed by atoms with Crippen molar-refractivity contribution in [3.8, 4) is 0 Å². The van der Waals surface area contributed by atoms with Crippen molar-refractivity contribution in [2.45, 2.75) is 111 Å². The summed E-state index contributed by atoms with van der Waals surface area (Å²) >= 11 is 0. The summed E-state index contributed by atoms with van der Waals surface area (Å²) in [5, 5.41) is 3.46. The molecule has 0 radical (unpaired) electrons. The zero-order valence-electron chi connectivity index (χ0n) is 18.8. The third-order valence-electron chi connectivity index (χ3n) is 2.86. The Morgan fingerprint density at radius 2 is 0.732 bits per heavy atom. The van der Waals surface area contributed by atoms with E-state index in [1.165, 1.54) is 0 Å². The van der Waals surface area contributed by atoms with E-state index in [1.807, 2.05) is 7.05 Å². The second-order valence-electron chi connectivity index (χ2n) is 8.32. The SMILES string of the molecule is C.C.C.C.C.C.C.C.C.C.C.C.C.C.C.CN=P(C)(N=P(C)(C)N=P(C)(C)N=P(C)(C)N=P(C)(C)C)NCCOC. The molecule has 278 valence electrons. The maximum atomic E-state index is 5.18. The molecule has 7 nitrogen and oxygen atoms in total. The molecule has 0 aromatic heterocycles. The van der Waals surface area contributed by atoms with E-state index >= 15 is 0 Å². The summed E-state index contributed by atoms with van der Waals surface area (Å²) in [6, 6.07) is 0. The minimum Gasteiger partial charge on any atom is -0.383 e. The van der Waals surface area contributed by atoms with Crippen LogP contribution in [0.2, 0.25) is 0 Å². The average molecular weight is 705 g/mol. The Hall–Kier alpha value is 1.07. The Balaban J connectivity index is -0.0000000298. The first-order valence-electron chi connectivity index (χ1n) is 8.49. The number of nitrogens with zero attached hydrogens (tertiary/aromatic N) is 5. The third-order valence-corrected chi connectivity index (χ3v) is 18.5. The van der Waals surface area contributed by atoms with Crippen LogP contribution in [0, 0.1) is 0 Å². The predicted octanol–water partition coefficient (Wildman–Crippen LogP) is 16.3. The van der Waals surface area contributed by atoms with E-state index in [2.05, 4.69) is 76.5 Å². The van der Waals surface area contributed by atoms with Crippen LogP contribution >= 0.6 is 36.0 Å². The Morgan fingerprint density at radius 1 is 0.463 bits per heavy atom. The quantitative estimate of drug-likeness (QED) is 0.201. The van der Waals surface area contributed by atoms with Crippen LogP contribution in [0.4, 0.5) is 0 Å². The molecule has 0 rings (SSSR count). The van der Waals surface area contributed by atoms with Crippen LogP contribution in [-0.2, 0) is 4.74 Å². The van der Waals surface area contributed by atoms with Gasteiger partial charge in [-0.05, 0) is 67.0 Å². The van der Waals surface area contributed by atoms with Crippen LogP contribution in [0.1, 0.15) is 111 Å². The van der Waals surface area contributed by atoms with E-state index in [-0.39, 0.29) is 111 Å². The molecule has 0 heterocycles. The molecule has 0 aromatic carbocycles. The molecule has 41 heavy (non-hydrogen) atoms. The first-order chi connectivity index (χ1) is 11.4. The van der Waals surface area contributed by atoms with Crippen molar-refractivity contribution in [1.82, 2.24) is 5.09 Å². The van der Waals surface area contributed by atoms with E-state index in [9.17, 15) is 0 Å². The fourth-order valence-corrected chi connectivity index (χ4v) is 22.6. The third kappa shape index (κ3) is 54.0. The van der Waals surface area contributed by atoms with Gasteiger partial charge in [-0.1, -0.05) is 111 Å². The number of nitrogens with one attached hydrogen (secondary N) is 1. The Morgan fingerprint density at radius 3 is 0.976 bits per heavy atom. The van der Waals surface area contributed by atoms with Gasteiger partial charge in [-0.3, -0.25) is 14.3 Å². The first kappa shape index (κ1) is 104. The summed E-state index contributed by atoms with van der Waals surface area (Å²) in [7, 11) is -4.92. The maximum absolute atomic E-state index is 5.18. The lowest BCUT2D eigenvalue weighted by Crippen LogP contribution is -2.14. The van der Waals surface area contributed by atoms with Gasteiger partial charge < -0.3 is 4.74 Å². The van der Waals surface area contributed by atoms with Crippen molar-refractivity contribution in [2.24, 2.45) is 22.8 Å². The van der Waals surface area contributed by atoms with Gasteiger partial charge in [0.2, 0.25) is 0 Å². The minimum absolute atomic E-state index is 0. The molecule has 0 aliphatic carbocycles. The topological polar surface area (TPSA) is 83.1 Å². The van der Waals surface area contributed by atoms with Gasteiger partial charge in [0, 0.05) is 27.4 Å². The van der Waals surface area contributed by atoms with Crippen molar-refractivity contribution in [2.75, 3.05) is 94.0 Å². The summed E-state index contributed by atoms with van der Waals surface area (Å²) in [4.78, 5) is 0. The summed E-state index contributed by atoms with van der Waals surface area (Å²) in [6.07, 6.45) is 0. The van der Waals surface area contributed by atoms with Gasteiger partial charge in [0.15, 0.2) is 0 Å². The molecule has 1 atom stereocenters. The zero-order valence-corrected chi connectivity index (χ0v) is 23.3. The molecule has 12 heteroatoms. The molecule has 0 aromatic rings. The Labute approximate surface area is 273 Å². The summed E-state index contributed by atoms with van der Waals surface area (Å²) < 4.78 is 30.2. The van der Waals surface area contributed by atoms with Crippen LogP contribution in [0.25, 0.3) is 0 Å².